The van der Waals surface area contributed by atoms with Crippen LogP contribution in [0.5, 0.6) is 0 Å². The molecule has 5 aromatic rings. The number of hydrogen-bond donors (Lipinski definition) is 2. The Balaban J connectivity index is 1.52. The Morgan fingerprint density at radius 3 is 2.55 bits per heavy atom. The summed E-state index contributed by atoms with van der Waals surface area (Å²) in [5, 5.41) is 7.35. The van der Waals surface area contributed by atoms with Crippen molar-refractivity contribution in [1.82, 2.24) is 20.1 Å². The highest BCUT2D eigenvalue weighted by molar-refractivity contribution is 6.06. The second kappa shape index (κ2) is 7.57. The highest BCUT2D eigenvalue weighted by Crippen LogP contribution is 2.22. The third kappa shape index (κ3) is 3.48. The molecule has 0 atom stereocenters. The highest BCUT2D eigenvalue weighted by Gasteiger charge is 2.14. The van der Waals surface area contributed by atoms with Crippen LogP contribution >= 0.6 is 0 Å². The maximum atomic E-state index is 12.9. The van der Waals surface area contributed by atoms with E-state index in [0.717, 1.165) is 16.6 Å². The largest absolute Gasteiger partial charge is 0.348 e. The van der Waals surface area contributed by atoms with E-state index < -0.39 is 0 Å². The van der Waals surface area contributed by atoms with Crippen LogP contribution in [0.3, 0.4) is 0 Å². The molecule has 0 fully saturated rings. The van der Waals surface area contributed by atoms with Crippen molar-refractivity contribution in [2.45, 2.75) is 13.5 Å². The first-order valence-electron chi connectivity index (χ1n) is 10.0. The van der Waals surface area contributed by atoms with Gasteiger partial charge in [-0.05, 0) is 42.8 Å². The fourth-order valence-corrected chi connectivity index (χ4v) is 3.65. The molecule has 0 aliphatic carbocycles. The lowest BCUT2D eigenvalue weighted by Gasteiger charge is -2.07. The monoisotopic (exact) mass is 408 g/mol. The van der Waals surface area contributed by atoms with Crippen LogP contribution in [0.4, 0.5) is 0 Å². The highest BCUT2D eigenvalue weighted by atomic mass is 16.1. The van der Waals surface area contributed by atoms with E-state index in [2.05, 4.69) is 15.4 Å². The second-order valence-corrected chi connectivity index (χ2v) is 7.53. The number of benzene rings is 3. The lowest BCUT2D eigenvalue weighted by molar-refractivity contribution is 0.0951. The zero-order valence-corrected chi connectivity index (χ0v) is 16.9. The first-order valence-corrected chi connectivity index (χ1v) is 10.0. The number of pyridine rings is 1. The molecule has 0 bridgehead atoms. The van der Waals surface area contributed by atoms with Gasteiger partial charge in [0, 0.05) is 23.7 Å². The van der Waals surface area contributed by atoms with Crippen LogP contribution in [0.2, 0.25) is 0 Å². The van der Waals surface area contributed by atoms with Crippen LogP contribution in [-0.4, -0.2) is 20.7 Å². The molecule has 1 amide bonds. The van der Waals surface area contributed by atoms with Crippen molar-refractivity contribution < 1.29 is 4.79 Å². The maximum Gasteiger partial charge on any atom is 0.280 e. The van der Waals surface area contributed by atoms with E-state index in [1.807, 2.05) is 61.5 Å². The van der Waals surface area contributed by atoms with Crippen molar-refractivity contribution in [3.63, 3.8) is 0 Å². The molecule has 0 unspecified atom stereocenters. The number of H-pyrrole nitrogens is 1. The molecule has 5 rings (SSSR count). The zero-order chi connectivity index (χ0) is 21.4. The van der Waals surface area contributed by atoms with Gasteiger partial charge in [-0.3, -0.25) is 19.7 Å². The zero-order valence-electron chi connectivity index (χ0n) is 16.9. The molecule has 0 radical (unpaired) electrons. The van der Waals surface area contributed by atoms with Gasteiger partial charge in [-0.25, -0.2) is 4.68 Å². The van der Waals surface area contributed by atoms with Gasteiger partial charge in [0.15, 0.2) is 0 Å². The van der Waals surface area contributed by atoms with Crippen molar-refractivity contribution in [3.8, 4) is 5.69 Å². The van der Waals surface area contributed by atoms with E-state index in [4.69, 9.17) is 0 Å². The minimum atomic E-state index is -0.177. The van der Waals surface area contributed by atoms with Crippen LogP contribution in [0.1, 0.15) is 21.5 Å². The number of nitrogens with zero attached hydrogens (tertiary/aromatic N) is 2. The Labute approximate surface area is 178 Å². The standard InChI is InChI=1S/C25H20N4O2/c1-16-7-9-17(10-8-16)14-27-24(30)18-11-12-22-20(13-18)23-21(15-26-22)25(31)29(28-23)19-5-3-2-4-6-19/h2-13,15,28H,14H2,1H3,(H,27,30). The molecule has 2 heterocycles. The predicted molar refractivity (Wildman–Crippen MR) is 122 cm³/mol. The molecule has 0 saturated carbocycles. The number of amides is 1. The van der Waals surface area contributed by atoms with E-state index >= 15 is 0 Å². The average molecular weight is 408 g/mol. The third-order valence-corrected chi connectivity index (χ3v) is 5.38. The maximum absolute atomic E-state index is 12.9. The Hall–Kier alpha value is -4.19. The summed E-state index contributed by atoms with van der Waals surface area (Å²) in [6.07, 6.45) is 1.58. The number of hydrogen-bond acceptors (Lipinski definition) is 3. The van der Waals surface area contributed by atoms with Gasteiger partial charge in [-0.15, -0.1) is 0 Å². The van der Waals surface area contributed by atoms with Crippen LogP contribution in [0.15, 0.2) is 83.8 Å². The van der Waals surface area contributed by atoms with Crippen molar-refractivity contribution in [2.75, 3.05) is 0 Å². The van der Waals surface area contributed by atoms with Gasteiger partial charge in [0.05, 0.1) is 22.1 Å². The van der Waals surface area contributed by atoms with E-state index in [9.17, 15) is 9.59 Å². The molecule has 3 aromatic carbocycles. The minimum absolute atomic E-state index is 0.176. The molecular weight excluding hydrogens is 388 g/mol. The number of para-hydroxylation sites is 1. The molecular formula is C25H20N4O2. The number of nitrogens with one attached hydrogen (secondary N) is 2. The molecule has 0 aliphatic heterocycles. The average Bonchev–Trinajstić information content (AvgIpc) is 3.15. The molecule has 152 valence electrons. The summed E-state index contributed by atoms with van der Waals surface area (Å²) in [5.74, 6) is -0.177. The Morgan fingerprint density at radius 2 is 1.77 bits per heavy atom. The topological polar surface area (TPSA) is 79.8 Å². The summed E-state index contributed by atoms with van der Waals surface area (Å²) in [5.41, 5.74) is 4.66. The van der Waals surface area contributed by atoms with Gasteiger partial charge >= 0.3 is 0 Å². The van der Waals surface area contributed by atoms with Gasteiger partial charge < -0.3 is 5.32 Å². The van der Waals surface area contributed by atoms with Gasteiger partial charge in [-0.2, -0.15) is 0 Å². The number of aromatic amines is 1. The Morgan fingerprint density at radius 1 is 1.00 bits per heavy atom. The molecule has 0 saturated heterocycles. The molecule has 6 nitrogen and oxygen atoms in total. The van der Waals surface area contributed by atoms with Crippen LogP contribution in [0.25, 0.3) is 27.5 Å². The van der Waals surface area contributed by atoms with E-state index in [-0.39, 0.29) is 11.5 Å². The van der Waals surface area contributed by atoms with Crippen LogP contribution in [0, 0.1) is 6.92 Å². The normalized spacial score (nSPS) is 11.1. The predicted octanol–water partition coefficient (Wildman–Crippen LogP) is 4.11. The van der Waals surface area contributed by atoms with Crippen molar-refractivity contribution in [3.05, 3.63) is 106 Å². The fourth-order valence-electron chi connectivity index (χ4n) is 3.65. The summed E-state index contributed by atoms with van der Waals surface area (Å²) >= 11 is 0. The number of carbonyl (C=O) groups excluding carboxylic acids is 1. The summed E-state index contributed by atoms with van der Waals surface area (Å²) in [4.78, 5) is 30.1. The summed E-state index contributed by atoms with van der Waals surface area (Å²) in [6, 6.07) is 22.7. The van der Waals surface area contributed by atoms with E-state index in [0.29, 0.717) is 28.5 Å². The summed E-state index contributed by atoms with van der Waals surface area (Å²) in [7, 11) is 0. The lowest BCUT2D eigenvalue weighted by atomic mass is 10.1. The van der Waals surface area contributed by atoms with Crippen LogP contribution < -0.4 is 10.9 Å². The minimum Gasteiger partial charge on any atom is -0.348 e. The van der Waals surface area contributed by atoms with E-state index in [1.165, 1.54) is 10.2 Å². The second-order valence-electron chi connectivity index (χ2n) is 7.53. The Bertz CT molecular complexity index is 1470. The summed E-state index contributed by atoms with van der Waals surface area (Å²) in [6.45, 7) is 2.47. The van der Waals surface area contributed by atoms with E-state index in [1.54, 1.807) is 24.4 Å². The number of carbonyl (C=O) groups is 1. The van der Waals surface area contributed by atoms with Gasteiger partial charge in [0.2, 0.25) is 0 Å². The fraction of sp³-hybridized carbons (Fsp3) is 0.0800. The number of rotatable bonds is 4. The quantitative estimate of drug-likeness (QED) is 0.470. The molecule has 31 heavy (non-hydrogen) atoms. The number of aryl methyl sites for hydroxylation is 1. The van der Waals surface area contributed by atoms with Gasteiger partial charge in [0.25, 0.3) is 11.5 Å². The smallest absolute Gasteiger partial charge is 0.280 e. The molecule has 2 aromatic heterocycles. The molecule has 6 heteroatoms. The number of fused-ring (bicyclic) bond motifs is 3. The lowest BCUT2D eigenvalue weighted by Crippen LogP contribution is -2.22. The van der Waals surface area contributed by atoms with Gasteiger partial charge in [0.1, 0.15) is 0 Å². The summed E-state index contributed by atoms with van der Waals surface area (Å²) < 4.78 is 1.50. The van der Waals surface area contributed by atoms with Crippen molar-refractivity contribution in [2.24, 2.45) is 0 Å². The van der Waals surface area contributed by atoms with Gasteiger partial charge in [-0.1, -0.05) is 48.0 Å². The first kappa shape index (κ1) is 18.8. The number of aromatic nitrogens is 3. The first-order chi connectivity index (χ1) is 15.1. The third-order valence-electron chi connectivity index (χ3n) is 5.38. The van der Waals surface area contributed by atoms with Crippen molar-refractivity contribution in [1.29, 1.82) is 0 Å². The SMILES string of the molecule is Cc1ccc(CNC(=O)c2ccc3ncc4c(=O)n(-c5ccccc5)[nH]c4c3c2)cc1. The Kier molecular flexibility index (Phi) is 4.59. The van der Waals surface area contributed by atoms with Crippen molar-refractivity contribution >= 4 is 27.7 Å². The molecule has 0 aliphatic rings. The van der Waals surface area contributed by atoms with Crippen LogP contribution in [-0.2, 0) is 6.54 Å². The molecule has 2 N–H and O–H groups in total. The molecule has 0 spiro atoms.